The number of para-hydroxylation sites is 1. The number of hydrogen-bond donors (Lipinski definition) is 2. The number of benzene rings is 2. The van der Waals surface area contributed by atoms with Gasteiger partial charge >= 0.3 is 6.18 Å². The molecule has 1 unspecified atom stereocenters. The van der Waals surface area contributed by atoms with Crippen molar-refractivity contribution in [3.8, 4) is 0 Å². The summed E-state index contributed by atoms with van der Waals surface area (Å²) < 4.78 is 37.8. The Morgan fingerprint density at radius 1 is 1.00 bits per heavy atom. The zero-order chi connectivity index (χ0) is 14.0. The predicted molar refractivity (Wildman–Crippen MR) is 66.4 cm³/mol. The van der Waals surface area contributed by atoms with E-state index in [4.69, 9.17) is 5.73 Å². The fraction of sp³-hybridized carbons (Fsp3) is 0.143. The molecule has 0 saturated heterocycles. The van der Waals surface area contributed by atoms with Crippen LogP contribution >= 0.6 is 0 Å². The van der Waals surface area contributed by atoms with E-state index >= 15 is 0 Å². The second-order valence-electron chi connectivity index (χ2n) is 4.15. The number of nitrogens with two attached hydrogens (primary N) is 1. The molecule has 0 spiro atoms. The Morgan fingerprint density at radius 3 is 2.32 bits per heavy atom. The monoisotopic (exact) mass is 267 g/mol. The number of aliphatic hydroxyl groups is 1. The number of aliphatic hydroxyl groups excluding tert-OH is 1. The molecule has 19 heavy (non-hydrogen) atoms. The molecule has 2 aromatic carbocycles. The van der Waals surface area contributed by atoms with Gasteiger partial charge in [0.1, 0.15) is 6.10 Å². The average molecular weight is 267 g/mol. The molecule has 2 rings (SSSR count). The Labute approximate surface area is 108 Å². The van der Waals surface area contributed by atoms with Crippen LogP contribution in [-0.2, 0) is 6.18 Å². The van der Waals surface area contributed by atoms with Crippen molar-refractivity contribution in [2.24, 2.45) is 0 Å². The first-order valence-corrected chi connectivity index (χ1v) is 5.59. The molecule has 0 bridgehead atoms. The lowest BCUT2D eigenvalue weighted by Crippen LogP contribution is -2.08. The summed E-state index contributed by atoms with van der Waals surface area (Å²) >= 11 is 0. The Morgan fingerprint density at radius 2 is 1.68 bits per heavy atom. The second-order valence-corrected chi connectivity index (χ2v) is 4.15. The lowest BCUT2D eigenvalue weighted by atomic mass is 9.98. The van der Waals surface area contributed by atoms with Crippen molar-refractivity contribution in [2.45, 2.75) is 12.3 Å². The summed E-state index contributed by atoms with van der Waals surface area (Å²) in [7, 11) is 0. The van der Waals surface area contributed by atoms with Gasteiger partial charge in [-0.2, -0.15) is 13.2 Å². The minimum Gasteiger partial charge on any atom is -0.398 e. The number of rotatable bonds is 2. The van der Waals surface area contributed by atoms with E-state index in [2.05, 4.69) is 0 Å². The van der Waals surface area contributed by atoms with E-state index in [-0.39, 0.29) is 5.56 Å². The number of anilines is 1. The lowest BCUT2D eigenvalue weighted by Gasteiger charge is -2.15. The second kappa shape index (κ2) is 4.93. The van der Waals surface area contributed by atoms with Gasteiger partial charge in [-0.3, -0.25) is 0 Å². The van der Waals surface area contributed by atoms with E-state index < -0.39 is 17.8 Å². The number of alkyl halides is 3. The number of nitrogen functional groups attached to an aromatic ring is 1. The third-order valence-corrected chi connectivity index (χ3v) is 2.82. The third kappa shape index (κ3) is 2.88. The molecule has 0 saturated carbocycles. The SMILES string of the molecule is Nc1ccccc1C(O)c1cccc(C(F)(F)F)c1. The minimum absolute atomic E-state index is 0.160. The molecule has 0 radical (unpaired) electrons. The normalized spacial score (nSPS) is 13.3. The fourth-order valence-electron chi connectivity index (χ4n) is 1.82. The summed E-state index contributed by atoms with van der Waals surface area (Å²) in [4.78, 5) is 0. The largest absolute Gasteiger partial charge is 0.416 e. The average Bonchev–Trinajstić information content (AvgIpc) is 2.38. The molecule has 0 fully saturated rings. The van der Waals surface area contributed by atoms with Gasteiger partial charge in [0.25, 0.3) is 0 Å². The van der Waals surface area contributed by atoms with Crippen LogP contribution in [0.4, 0.5) is 18.9 Å². The van der Waals surface area contributed by atoms with Gasteiger partial charge in [0.2, 0.25) is 0 Å². The van der Waals surface area contributed by atoms with E-state index in [1.165, 1.54) is 12.1 Å². The van der Waals surface area contributed by atoms with Crippen molar-refractivity contribution in [2.75, 3.05) is 5.73 Å². The van der Waals surface area contributed by atoms with Gasteiger partial charge in [-0.1, -0.05) is 30.3 Å². The maximum absolute atomic E-state index is 12.6. The fourth-order valence-corrected chi connectivity index (χ4v) is 1.82. The van der Waals surface area contributed by atoms with Crippen molar-refractivity contribution in [1.82, 2.24) is 0 Å². The molecule has 100 valence electrons. The van der Waals surface area contributed by atoms with E-state index in [1.807, 2.05) is 0 Å². The molecule has 2 nitrogen and oxygen atoms in total. The number of halogens is 3. The van der Waals surface area contributed by atoms with Gasteiger partial charge in [0.05, 0.1) is 5.56 Å². The Kier molecular flexibility index (Phi) is 3.48. The zero-order valence-corrected chi connectivity index (χ0v) is 9.85. The molecule has 0 amide bonds. The quantitative estimate of drug-likeness (QED) is 0.819. The molecule has 0 heterocycles. The maximum Gasteiger partial charge on any atom is 0.416 e. The van der Waals surface area contributed by atoms with Crippen molar-refractivity contribution >= 4 is 5.69 Å². The van der Waals surface area contributed by atoms with Crippen molar-refractivity contribution < 1.29 is 18.3 Å². The van der Waals surface area contributed by atoms with E-state index in [0.29, 0.717) is 11.3 Å². The molecule has 1 atom stereocenters. The van der Waals surface area contributed by atoms with E-state index in [1.54, 1.807) is 24.3 Å². The highest BCUT2D eigenvalue weighted by Gasteiger charge is 2.31. The Hall–Kier alpha value is -2.01. The molecular weight excluding hydrogens is 255 g/mol. The smallest absolute Gasteiger partial charge is 0.398 e. The predicted octanol–water partition coefficient (Wildman–Crippen LogP) is 3.37. The topological polar surface area (TPSA) is 46.2 Å². The summed E-state index contributed by atoms with van der Waals surface area (Å²) in [5.74, 6) is 0. The van der Waals surface area contributed by atoms with Gasteiger partial charge in [0, 0.05) is 11.3 Å². The van der Waals surface area contributed by atoms with Gasteiger partial charge in [0.15, 0.2) is 0 Å². The molecule has 5 heteroatoms. The van der Waals surface area contributed by atoms with Crippen LogP contribution in [0.3, 0.4) is 0 Å². The lowest BCUT2D eigenvalue weighted by molar-refractivity contribution is -0.137. The zero-order valence-electron chi connectivity index (χ0n) is 9.85. The first kappa shape index (κ1) is 13.4. The highest BCUT2D eigenvalue weighted by atomic mass is 19.4. The highest BCUT2D eigenvalue weighted by Crippen LogP contribution is 2.33. The van der Waals surface area contributed by atoms with Crippen molar-refractivity contribution in [3.63, 3.8) is 0 Å². The van der Waals surface area contributed by atoms with Crippen LogP contribution in [0.1, 0.15) is 22.8 Å². The summed E-state index contributed by atoms with van der Waals surface area (Å²) in [6.07, 6.45) is -5.61. The van der Waals surface area contributed by atoms with Crippen LogP contribution in [0, 0.1) is 0 Å². The summed E-state index contributed by atoms with van der Waals surface area (Å²) in [6, 6.07) is 11.1. The van der Waals surface area contributed by atoms with Crippen LogP contribution in [0.25, 0.3) is 0 Å². The standard InChI is InChI=1S/C14H12F3NO/c15-14(16,17)10-5-3-4-9(8-10)13(19)11-6-1-2-7-12(11)18/h1-8,13,19H,18H2. The van der Waals surface area contributed by atoms with Crippen LogP contribution in [0.15, 0.2) is 48.5 Å². The minimum atomic E-state index is -4.43. The van der Waals surface area contributed by atoms with E-state index in [0.717, 1.165) is 12.1 Å². The molecule has 0 aliphatic carbocycles. The summed E-state index contributed by atoms with van der Waals surface area (Å²) in [6.45, 7) is 0. The van der Waals surface area contributed by atoms with Crippen molar-refractivity contribution in [3.05, 3.63) is 65.2 Å². The first-order chi connectivity index (χ1) is 8.89. The Balaban J connectivity index is 2.40. The Bertz CT molecular complexity index is 581. The van der Waals surface area contributed by atoms with Crippen LogP contribution in [0.2, 0.25) is 0 Å². The summed E-state index contributed by atoms with van der Waals surface area (Å²) in [5.41, 5.74) is 5.80. The van der Waals surface area contributed by atoms with Crippen molar-refractivity contribution in [1.29, 1.82) is 0 Å². The first-order valence-electron chi connectivity index (χ1n) is 5.59. The molecule has 3 N–H and O–H groups in total. The third-order valence-electron chi connectivity index (χ3n) is 2.82. The maximum atomic E-state index is 12.6. The highest BCUT2D eigenvalue weighted by molar-refractivity contribution is 5.50. The molecular formula is C14H12F3NO. The van der Waals surface area contributed by atoms with Gasteiger partial charge < -0.3 is 10.8 Å². The molecule has 0 aliphatic heterocycles. The summed E-state index contributed by atoms with van der Waals surface area (Å²) in [5, 5.41) is 10.1. The molecule has 0 aromatic heterocycles. The van der Waals surface area contributed by atoms with Gasteiger partial charge in [-0.25, -0.2) is 0 Å². The number of hydrogen-bond acceptors (Lipinski definition) is 2. The molecule has 0 aliphatic rings. The van der Waals surface area contributed by atoms with E-state index in [9.17, 15) is 18.3 Å². The van der Waals surface area contributed by atoms with Gasteiger partial charge in [-0.05, 0) is 23.8 Å². The van der Waals surface area contributed by atoms with Gasteiger partial charge in [-0.15, -0.1) is 0 Å². The molecule has 2 aromatic rings. The van der Waals surface area contributed by atoms with Crippen LogP contribution in [0.5, 0.6) is 0 Å². The van der Waals surface area contributed by atoms with Crippen LogP contribution < -0.4 is 5.73 Å². The van der Waals surface area contributed by atoms with Crippen LogP contribution in [-0.4, -0.2) is 5.11 Å².